The first kappa shape index (κ1) is 9.68. The van der Waals surface area contributed by atoms with Gasteiger partial charge < -0.3 is 5.73 Å². The molecule has 0 spiro atoms. The van der Waals surface area contributed by atoms with Crippen molar-refractivity contribution in [1.29, 1.82) is 0 Å². The van der Waals surface area contributed by atoms with Gasteiger partial charge >= 0.3 is 0 Å². The van der Waals surface area contributed by atoms with E-state index in [0.29, 0.717) is 5.33 Å². The monoisotopic (exact) mass is 269 g/mol. The number of hydrogen-bond donors (Lipinski definition) is 1. The highest BCUT2D eigenvalue weighted by molar-refractivity contribution is 9.08. The molecule has 2 rings (SSSR count). The molecular formula is C10H8BrNOS. The van der Waals surface area contributed by atoms with Gasteiger partial charge in [-0.25, -0.2) is 0 Å². The van der Waals surface area contributed by atoms with E-state index in [1.807, 2.05) is 17.5 Å². The summed E-state index contributed by atoms with van der Waals surface area (Å²) in [5, 5.41) is 3.62. The van der Waals surface area contributed by atoms with Gasteiger partial charge in [0, 0.05) is 26.4 Å². The Balaban J connectivity index is 2.84. The zero-order chi connectivity index (χ0) is 10.1. The molecule has 0 aliphatic carbocycles. The van der Waals surface area contributed by atoms with E-state index in [4.69, 9.17) is 5.73 Å². The molecule has 0 fully saturated rings. The van der Waals surface area contributed by atoms with Gasteiger partial charge in [-0.05, 0) is 5.56 Å². The van der Waals surface area contributed by atoms with E-state index in [2.05, 4.69) is 15.9 Å². The number of rotatable bonds is 2. The third-order valence-corrected chi connectivity index (χ3v) is 3.81. The van der Waals surface area contributed by atoms with E-state index < -0.39 is 0 Å². The number of carbonyl (C=O) groups is 1. The maximum atomic E-state index is 10.8. The van der Waals surface area contributed by atoms with Crippen LogP contribution in [0.3, 0.4) is 0 Å². The van der Waals surface area contributed by atoms with Crippen molar-refractivity contribution in [3.8, 4) is 0 Å². The summed E-state index contributed by atoms with van der Waals surface area (Å²) in [4.78, 5) is 10.8. The van der Waals surface area contributed by atoms with Gasteiger partial charge in [0.05, 0.1) is 5.69 Å². The van der Waals surface area contributed by atoms with E-state index in [0.717, 1.165) is 33.2 Å². The van der Waals surface area contributed by atoms with Crippen molar-refractivity contribution in [3.05, 3.63) is 28.6 Å². The molecule has 0 aliphatic heterocycles. The molecule has 14 heavy (non-hydrogen) atoms. The Morgan fingerprint density at radius 2 is 2.29 bits per heavy atom. The van der Waals surface area contributed by atoms with Gasteiger partial charge in [0.25, 0.3) is 0 Å². The SMILES string of the molecule is Nc1csc2c(CBr)c(C=O)ccc12. The Hall–Kier alpha value is -0.870. The molecule has 2 N–H and O–H groups in total. The molecule has 1 heterocycles. The molecule has 72 valence electrons. The Morgan fingerprint density at radius 1 is 1.50 bits per heavy atom. The van der Waals surface area contributed by atoms with E-state index in [1.165, 1.54) is 0 Å². The summed E-state index contributed by atoms with van der Waals surface area (Å²) in [6.07, 6.45) is 0.881. The molecule has 2 nitrogen and oxygen atoms in total. The first-order chi connectivity index (χ1) is 6.77. The molecule has 4 heteroatoms. The smallest absolute Gasteiger partial charge is 0.150 e. The fourth-order valence-corrected chi connectivity index (χ4v) is 3.25. The van der Waals surface area contributed by atoms with Gasteiger partial charge in [-0.1, -0.05) is 28.1 Å². The number of nitrogen functional groups attached to an aromatic ring is 1. The second kappa shape index (κ2) is 3.71. The minimum Gasteiger partial charge on any atom is -0.398 e. The Morgan fingerprint density at radius 3 is 2.93 bits per heavy atom. The fraction of sp³-hybridized carbons (Fsp3) is 0.100. The lowest BCUT2D eigenvalue weighted by molar-refractivity contribution is 0.112. The summed E-state index contributed by atoms with van der Waals surface area (Å²) in [5.74, 6) is 0. The molecule has 0 radical (unpaired) electrons. The number of alkyl halides is 1. The van der Waals surface area contributed by atoms with Crippen LogP contribution in [0.1, 0.15) is 15.9 Å². The lowest BCUT2D eigenvalue weighted by Crippen LogP contribution is -1.89. The molecule has 1 aromatic carbocycles. The average Bonchev–Trinajstić information content (AvgIpc) is 2.59. The lowest BCUT2D eigenvalue weighted by atomic mass is 10.1. The van der Waals surface area contributed by atoms with Crippen molar-refractivity contribution < 1.29 is 4.79 Å². The van der Waals surface area contributed by atoms with Gasteiger partial charge in [-0.2, -0.15) is 0 Å². The molecule has 1 aromatic heterocycles. The Labute approximate surface area is 93.9 Å². The Bertz CT molecular complexity index is 492. The van der Waals surface area contributed by atoms with Crippen molar-refractivity contribution in [2.45, 2.75) is 5.33 Å². The highest BCUT2D eigenvalue weighted by Gasteiger charge is 2.09. The van der Waals surface area contributed by atoms with Crippen molar-refractivity contribution in [2.24, 2.45) is 0 Å². The zero-order valence-electron chi connectivity index (χ0n) is 7.29. The number of halogens is 1. The summed E-state index contributed by atoms with van der Waals surface area (Å²) in [6.45, 7) is 0. The predicted octanol–water partition coefficient (Wildman–Crippen LogP) is 3.19. The third-order valence-electron chi connectivity index (χ3n) is 2.17. The molecule has 0 atom stereocenters. The highest BCUT2D eigenvalue weighted by Crippen LogP contribution is 2.33. The van der Waals surface area contributed by atoms with Gasteiger partial charge in [-0.15, -0.1) is 11.3 Å². The van der Waals surface area contributed by atoms with Gasteiger partial charge in [0.2, 0.25) is 0 Å². The third kappa shape index (κ3) is 1.35. The summed E-state index contributed by atoms with van der Waals surface area (Å²) in [6, 6.07) is 3.71. The van der Waals surface area contributed by atoms with Crippen molar-refractivity contribution in [2.75, 3.05) is 5.73 Å². The quantitative estimate of drug-likeness (QED) is 0.672. The van der Waals surface area contributed by atoms with Crippen LogP contribution in [0, 0.1) is 0 Å². The number of nitrogens with two attached hydrogens (primary N) is 1. The molecular weight excluding hydrogens is 262 g/mol. The van der Waals surface area contributed by atoms with Crippen LogP contribution in [0.2, 0.25) is 0 Å². The number of fused-ring (bicyclic) bond motifs is 1. The van der Waals surface area contributed by atoms with Gasteiger partial charge in [-0.3, -0.25) is 4.79 Å². The molecule has 0 unspecified atom stereocenters. The van der Waals surface area contributed by atoms with Crippen LogP contribution in [0.5, 0.6) is 0 Å². The number of thiophene rings is 1. The molecule has 0 bridgehead atoms. The van der Waals surface area contributed by atoms with Crippen LogP contribution in [0.25, 0.3) is 10.1 Å². The van der Waals surface area contributed by atoms with E-state index in [-0.39, 0.29) is 0 Å². The minimum atomic E-state index is 0.679. The van der Waals surface area contributed by atoms with Crippen molar-refractivity contribution in [3.63, 3.8) is 0 Å². The highest BCUT2D eigenvalue weighted by atomic mass is 79.9. The number of carbonyl (C=O) groups excluding carboxylic acids is 1. The number of anilines is 1. The normalized spacial score (nSPS) is 10.6. The summed E-state index contributed by atoms with van der Waals surface area (Å²) < 4.78 is 1.10. The van der Waals surface area contributed by atoms with Crippen LogP contribution in [0.4, 0.5) is 5.69 Å². The first-order valence-electron chi connectivity index (χ1n) is 4.07. The second-order valence-corrected chi connectivity index (χ2v) is 4.39. The van der Waals surface area contributed by atoms with Crippen LogP contribution < -0.4 is 5.73 Å². The fourth-order valence-electron chi connectivity index (χ4n) is 1.44. The first-order valence-corrected chi connectivity index (χ1v) is 6.07. The minimum absolute atomic E-state index is 0.679. The lowest BCUT2D eigenvalue weighted by Gasteiger charge is -2.02. The maximum Gasteiger partial charge on any atom is 0.150 e. The predicted molar refractivity (Wildman–Crippen MR) is 64.3 cm³/mol. The van der Waals surface area contributed by atoms with Crippen LogP contribution in [-0.2, 0) is 5.33 Å². The van der Waals surface area contributed by atoms with E-state index in [1.54, 1.807) is 11.3 Å². The topological polar surface area (TPSA) is 43.1 Å². The molecule has 0 saturated carbocycles. The Kier molecular flexibility index (Phi) is 2.56. The maximum absolute atomic E-state index is 10.8. The molecule has 0 aliphatic rings. The number of benzene rings is 1. The molecule has 0 amide bonds. The zero-order valence-corrected chi connectivity index (χ0v) is 9.69. The number of hydrogen-bond acceptors (Lipinski definition) is 3. The molecule has 2 aromatic rings. The largest absolute Gasteiger partial charge is 0.398 e. The second-order valence-electron chi connectivity index (χ2n) is 2.95. The summed E-state index contributed by atoms with van der Waals surface area (Å²) in [7, 11) is 0. The van der Waals surface area contributed by atoms with Crippen molar-refractivity contribution >= 4 is 49.3 Å². The van der Waals surface area contributed by atoms with Crippen molar-refractivity contribution in [1.82, 2.24) is 0 Å². The standard InChI is InChI=1S/C10H8BrNOS/c11-3-8-6(4-13)1-2-7-9(12)5-14-10(7)8/h1-2,4-5H,3,12H2. The van der Waals surface area contributed by atoms with E-state index in [9.17, 15) is 4.79 Å². The van der Waals surface area contributed by atoms with Gasteiger partial charge in [0.1, 0.15) is 6.29 Å². The van der Waals surface area contributed by atoms with Crippen LogP contribution in [-0.4, -0.2) is 6.29 Å². The summed E-state index contributed by atoms with van der Waals surface area (Å²) in [5.41, 5.74) is 8.34. The number of aldehydes is 1. The van der Waals surface area contributed by atoms with Gasteiger partial charge in [0.15, 0.2) is 0 Å². The molecule has 0 saturated heterocycles. The van der Waals surface area contributed by atoms with Crippen LogP contribution in [0.15, 0.2) is 17.5 Å². The summed E-state index contributed by atoms with van der Waals surface area (Å²) >= 11 is 4.97. The average molecular weight is 270 g/mol. The van der Waals surface area contributed by atoms with E-state index >= 15 is 0 Å². The van der Waals surface area contributed by atoms with Crippen LogP contribution >= 0.6 is 27.3 Å².